The van der Waals surface area contributed by atoms with Crippen LogP contribution in [0, 0.1) is 17.3 Å². The maximum atomic E-state index is 8.00. The number of hydrogen-bond donors (Lipinski definition) is 1. The summed E-state index contributed by atoms with van der Waals surface area (Å²) in [4.78, 5) is 8.00. The van der Waals surface area contributed by atoms with Crippen molar-refractivity contribution < 1.29 is 9.90 Å². The molecule has 0 radical (unpaired) electrons. The molecular formula is C36H62O2. The number of allylic oxidation sites excluding steroid dienone is 5. The van der Waals surface area contributed by atoms with E-state index in [4.69, 9.17) is 9.90 Å². The average Bonchev–Trinajstić information content (AvgIpc) is 2.93. The molecule has 1 aromatic rings. The van der Waals surface area contributed by atoms with Crippen molar-refractivity contribution in [2.24, 2.45) is 17.3 Å². The molecule has 0 amide bonds. The van der Waals surface area contributed by atoms with E-state index in [1.807, 2.05) is 6.79 Å². The molecule has 218 valence electrons. The van der Waals surface area contributed by atoms with Crippen molar-refractivity contribution in [2.45, 2.75) is 125 Å². The monoisotopic (exact) mass is 526 g/mol. The smallest absolute Gasteiger partial charge is 0.106 e. The van der Waals surface area contributed by atoms with Crippen LogP contribution in [0.3, 0.4) is 0 Å². The zero-order valence-electron chi connectivity index (χ0n) is 24.9. The molecule has 2 nitrogen and oxygen atoms in total. The van der Waals surface area contributed by atoms with E-state index >= 15 is 0 Å². The van der Waals surface area contributed by atoms with Gasteiger partial charge in [0.2, 0.25) is 0 Å². The first-order valence-corrected chi connectivity index (χ1v) is 14.7. The van der Waals surface area contributed by atoms with Gasteiger partial charge in [-0.25, -0.2) is 0 Å². The van der Waals surface area contributed by atoms with Crippen LogP contribution in [-0.2, 0) is 17.6 Å². The Balaban J connectivity index is 0. The lowest BCUT2D eigenvalue weighted by molar-refractivity contribution is -0.0980. The predicted molar refractivity (Wildman–Crippen MR) is 171 cm³/mol. The molecular weight excluding hydrogens is 464 g/mol. The largest absolute Gasteiger partial charge is 0.400 e. The lowest BCUT2D eigenvalue weighted by Crippen LogP contribution is -2.11. The molecule has 0 heterocycles. The second-order valence-corrected chi connectivity index (χ2v) is 11.5. The Morgan fingerprint density at radius 1 is 0.947 bits per heavy atom. The molecule has 0 bridgehead atoms. The van der Waals surface area contributed by atoms with Crippen LogP contribution >= 0.6 is 0 Å². The summed E-state index contributed by atoms with van der Waals surface area (Å²) in [7, 11) is 1.00. The van der Waals surface area contributed by atoms with Crippen LogP contribution in [0.25, 0.3) is 0 Å². The number of unbranched alkanes of at least 4 members (excludes halogenated alkanes) is 2. The molecule has 0 aromatic heterocycles. The topological polar surface area (TPSA) is 37.3 Å². The van der Waals surface area contributed by atoms with E-state index in [2.05, 4.69) is 82.8 Å². The van der Waals surface area contributed by atoms with Crippen LogP contribution in [0.1, 0.15) is 123 Å². The molecule has 38 heavy (non-hydrogen) atoms. The standard InChI is InChI=1S/C22H34.C11H18.CH4O.CH2O.CH4/c1-18(22(2,3)4)11-10-16-20-14-8-9-15-21(20)17-19-12-6-5-7-13-19;1-2-3-5-8-11-9-6-4-7-10-11;2*1-2;/h8-9,14-15,19H,1,5-7,10-13,16-17H2,2-4H3;4,6-7,9,11H,2-3,5,8,10H2,1H3;2H,1H3;1H2;1H4. The summed E-state index contributed by atoms with van der Waals surface area (Å²) in [5, 5.41) is 7.00. The molecule has 0 spiro atoms. The minimum atomic E-state index is 0. The van der Waals surface area contributed by atoms with E-state index < -0.39 is 0 Å². The van der Waals surface area contributed by atoms with E-state index in [9.17, 15) is 0 Å². The third-order valence-electron chi connectivity index (χ3n) is 7.58. The molecule has 2 aliphatic carbocycles. The summed E-state index contributed by atoms with van der Waals surface area (Å²) in [5.74, 6) is 1.77. The zero-order valence-corrected chi connectivity index (χ0v) is 24.9. The lowest BCUT2D eigenvalue weighted by Gasteiger charge is -2.23. The number of aliphatic hydroxyl groups is 1. The van der Waals surface area contributed by atoms with Crippen LogP contribution in [0.5, 0.6) is 0 Å². The van der Waals surface area contributed by atoms with Crippen molar-refractivity contribution in [2.75, 3.05) is 7.11 Å². The van der Waals surface area contributed by atoms with Crippen molar-refractivity contribution in [3.8, 4) is 0 Å². The Kier molecular flexibility index (Phi) is 24.3. The highest BCUT2D eigenvalue weighted by Crippen LogP contribution is 2.30. The van der Waals surface area contributed by atoms with Gasteiger partial charge in [-0.1, -0.05) is 147 Å². The zero-order chi connectivity index (χ0) is 27.9. The van der Waals surface area contributed by atoms with Crippen LogP contribution in [0.4, 0.5) is 0 Å². The van der Waals surface area contributed by atoms with Gasteiger partial charge in [-0.15, -0.1) is 0 Å². The van der Waals surface area contributed by atoms with Gasteiger partial charge in [0.1, 0.15) is 6.79 Å². The fraction of sp³-hybridized carbons (Fsp3) is 0.639. The van der Waals surface area contributed by atoms with Gasteiger partial charge < -0.3 is 9.90 Å². The highest BCUT2D eigenvalue weighted by molar-refractivity contribution is 5.28. The normalized spacial score (nSPS) is 16.4. The first-order valence-electron chi connectivity index (χ1n) is 14.7. The predicted octanol–water partition coefficient (Wildman–Crippen LogP) is 10.5. The van der Waals surface area contributed by atoms with E-state index in [0.717, 1.165) is 25.4 Å². The van der Waals surface area contributed by atoms with Gasteiger partial charge in [0, 0.05) is 7.11 Å². The third-order valence-corrected chi connectivity index (χ3v) is 7.58. The molecule has 1 fully saturated rings. The highest BCUT2D eigenvalue weighted by Gasteiger charge is 2.16. The average molecular weight is 527 g/mol. The maximum absolute atomic E-state index is 8.00. The first kappa shape index (κ1) is 38.2. The maximum Gasteiger partial charge on any atom is 0.106 e. The molecule has 2 heteroatoms. The summed E-state index contributed by atoms with van der Waals surface area (Å²) in [6.07, 6.45) is 27.8. The third kappa shape index (κ3) is 17.6. The fourth-order valence-corrected chi connectivity index (χ4v) is 5.07. The lowest BCUT2D eigenvalue weighted by atomic mass is 9.82. The Bertz CT molecular complexity index is 747. The molecule has 1 unspecified atom stereocenters. The van der Waals surface area contributed by atoms with Gasteiger partial charge in [0.25, 0.3) is 0 Å². The van der Waals surface area contributed by atoms with E-state index in [1.54, 1.807) is 11.1 Å². The van der Waals surface area contributed by atoms with Gasteiger partial charge in [0.15, 0.2) is 0 Å². The van der Waals surface area contributed by atoms with Crippen molar-refractivity contribution in [1.82, 2.24) is 0 Å². The summed E-state index contributed by atoms with van der Waals surface area (Å²) >= 11 is 0. The van der Waals surface area contributed by atoms with Crippen LogP contribution in [0.2, 0.25) is 0 Å². The number of carbonyl (C=O) groups is 1. The molecule has 0 saturated heterocycles. The molecule has 3 rings (SSSR count). The van der Waals surface area contributed by atoms with Gasteiger partial charge >= 0.3 is 0 Å². The summed E-state index contributed by atoms with van der Waals surface area (Å²) in [6.45, 7) is 15.3. The molecule has 1 saturated carbocycles. The van der Waals surface area contributed by atoms with Crippen molar-refractivity contribution in [3.05, 3.63) is 71.8 Å². The Hall–Kier alpha value is -1.93. The number of benzene rings is 1. The summed E-state index contributed by atoms with van der Waals surface area (Å²) in [6, 6.07) is 9.13. The van der Waals surface area contributed by atoms with Crippen molar-refractivity contribution in [1.29, 1.82) is 0 Å². The minimum Gasteiger partial charge on any atom is -0.400 e. The number of rotatable bonds is 10. The second kappa shape index (κ2) is 24.1. The van der Waals surface area contributed by atoms with E-state index in [0.29, 0.717) is 0 Å². The van der Waals surface area contributed by atoms with Gasteiger partial charge in [-0.05, 0) is 66.9 Å². The Morgan fingerprint density at radius 3 is 2.13 bits per heavy atom. The molecule has 1 aromatic carbocycles. The Labute approximate surface area is 237 Å². The van der Waals surface area contributed by atoms with E-state index in [1.165, 1.54) is 89.0 Å². The highest BCUT2D eigenvalue weighted by atomic mass is 16.2. The van der Waals surface area contributed by atoms with Gasteiger partial charge in [-0.3, -0.25) is 0 Å². The molecule has 2 aliphatic rings. The number of carbonyl (C=O) groups excluding carboxylic acids is 1. The molecule has 1 atom stereocenters. The SMILES string of the molecule is C.C=C(CCCc1ccccc1CC1CCCCC1)C(C)(C)C.C=O.CCCCCC1C=CC=CC1.CO. The quantitative estimate of drug-likeness (QED) is 0.243. The van der Waals surface area contributed by atoms with Crippen molar-refractivity contribution >= 4 is 6.79 Å². The first-order chi connectivity index (χ1) is 17.9. The summed E-state index contributed by atoms with van der Waals surface area (Å²) in [5.41, 5.74) is 4.82. The van der Waals surface area contributed by atoms with Crippen LogP contribution in [-0.4, -0.2) is 19.0 Å². The fourth-order valence-electron chi connectivity index (χ4n) is 5.07. The minimum absolute atomic E-state index is 0. The van der Waals surface area contributed by atoms with Gasteiger partial charge in [0.05, 0.1) is 0 Å². The number of aliphatic hydroxyl groups excluding tert-OH is 1. The summed E-state index contributed by atoms with van der Waals surface area (Å²) < 4.78 is 0. The molecule has 1 N–H and O–H groups in total. The van der Waals surface area contributed by atoms with Crippen LogP contribution in [0.15, 0.2) is 60.7 Å². The van der Waals surface area contributed by atoms with Gasteiger partial charge in [-0.2, -0.15) is 0 Å². The second-order valence-electron chi connectivity index (χ2n) is 11.5. The number of aryl methyl sites for hydroxylation is 1. The van der Waals surface area contributed by atoms with E-state index in [-0.39, 0.29) is 12.8 Å². The van der Waals surface area contributed by atoms with Crippen molar-refractivity contribution in [3.63, 3.8) is 0 Å². The molecule has 0 aliphatic heterocycles. The van der Waals surface area contributed by atoms with Crippen LogP contribution < -0.4 is 0 Å². The Morgan fingerprint density at radius 2 is 1.58 bits per heavy atom. The number of hydrogen-bond acceptors (Lipinski definition) is 2.